The highest BCUT2D eigenvalue weighted by molar-refractivity contribution is 6.49. The van der Waals surface area contributed by atoms with Crippen molar-refractivity contribution in [3.8, 4) is 6.07 Å². The van der Waals surface area contributed by atoms with Crippen LogP contribution >= 0.6 is 11.6 Å². The first kappa shape index (κ1) is 19.9. The largest absolute Gasteiger partial charge is 1.00 e. The topological polar surface area (TPSA) is 61.2 Å². The molecular formula is C18H19ClIN3O2. The lowest BCUT2D eigenvalue weighted by Crippen LogP contribution is -3.00. The zero-order valence-corrected chi connectivity index (χ0v) is 16.9. The lowest BCUT2D eigenvalue weighted by atomic mass is 9.91. The van der Waals surface area contributed by atoms with Crippen LogP contribution in [-0.2, 0) is 0 Å². The molecule has 0 atom stereocenters. The van der Waals surface area contributed by atoms with Gasteiger partial charge in [0.15, 0.2) is 0 Å². The van der Waals surface area contributed by atoms with Crippen molar-refractivity contribution in [1.29, 1.82) is 5.26 Å². The second-order valence-electron chi connectivity index (χ2n) is 6.55. The van der Waals surface area contributed by atoms with E-state index < -0.39 is 0 Å². The maximum absolute atomic E-state index is 12.8. The quantitative estimate of drug-likeness (QED) is 0.428. The number of carbonyl (C=O) groups is 2. The number of likely N-dealkylation sites (N-methyl/N-ethyl adjacent to an activating group) is 1. The van der Waals surface area contributed by atoms with Crippen molar-refractivity contribution in [2.75, 3.05) is 39.8 Å². The van der Waals surface area contributed by atoms with Crippen LogP contribution in [-0.4, -0.2) is 60.7 Å². The third-order valence-electron chi connectivity index (χ3n) is 4.94. The summed E-state index contributed by atoms with van der Waals surface area (Å²) in [6, 6.07) is 8.99. The van der Waals surface area contributed by atoms with Gasteiger partial charge in [-0.2, -0.15) is 5.26 Å². The van der Waals surface area contributed by atoms with Crippen LogP contribution in [0.3, 0.4) is 0 Å². The van der Waals surface area contributed by atoms with Gasteiger partial charge in [-0.25, -0.2) is 0 Å². The SMILES string of the molecule is C[N+]1(CCC#N)CCN(C2=C(Cl)C(=O)c3ccccc3C2=O)CC1.[I-]. The molecule has 0 radical (unpaired) electrons. The molecule has 132 valence electrons. The molecule has 0 aromatic heterocycles. The first-order valence-electron chi connectivity index (χ1n) is 8.00. The fourth-order valence-corrected chi connectivity index (χ4v) is 3.64. The minimum absolute atomic E-state index is 0. The molecule has 5 nitrogen and oxygen atoms in total. The number of rotatable bonds is 3. The summed E-state index contributed by atoms with van der Waals surface area (Å²) >= 11 is 6.26. The van der Waals surface area contributed by atoms with Crippen LogP contribution in [0.5, 0.6) is 0 Å². The molecule has 1 aliphatic heterocycles. The maximum atomic E-state index is 12.8. The van der Waals surface area contributed by atoms with E-state index in [-0.39, 0.29) is 40.6 Å². The summed E-state index contributed by atoms with van der Waals surface area (Å²) in [4.78, 5) is 27.2. The number of benzene rings is 1. The summed E-state index contributed by atoms with van der Waals surface area (Å²) in [6.45, 7) is 3.73. The van der Waals surface area contributed by atoms with E-state index in [4.69, 9.17) is 16.9 Å². The lowest BCUT2D eigenvalue weighted by Gasteiger charge is -2.43. The van der Waals surface area contributed by atoms with Gasteiger partial charge in [0.2, 0.25) is 11.6 Å². The number of allylic oxidation sites excluding steroid dienone is 2. The average molecular weight is 472 g/mol. The van der Waals surface area contributed by atoms with E-state index in [1.807, 2.05) is 4.90 Å². The summed E-state index contributed by atoms with van der Waals surface area (Å²) in [7, 11) is 2.12. The Morgan fingerprint density at radius 3 is 2.28 bits per heavy atom. The molecule has 3 rings (SSSR count). The van der Waals surface area contributed by atoms with Gasteiger partial charge in [-0.1, -0.05) is 35.9 Å². The first-order valence-corrected chi connectivity index (χ1v) is 8.38. The number of Topliss-reactive ketones (excluding diaryl/α,β-unsaturated/α-hetero) is 2. The highest BCUT2D eigenvalue weighted by Gasteiger charge is 2.37. The van der Waals surface area contributed by atoms with Crippen molar-refractivity contribution < 1.29 is 38.0 Å². The fourth-order valence-electron chi connectivity index (χ4n) is 3.33. The monoisotopic (exact) mass is 471 g/mol. The van der Waals surface area contributed by atoms with E-state index in [0.29, 0.717) is 36.3 Å². The molecule has 0 unspecified atom stereocenters. The van der Waals surface area contributed by atoms with Gasteiger partial charge in [-0.05, 0) is 0 Å². The molecule has 0 N–H and O–H groups in total. The van der Waals surface area contributed by atoms with Crippen molar-refractivity contribution in [2.45, 2.75) is 6.42 Å². The van der Waals surface area contributed by atoms with Crippen LogP contribution in [0.1, 0.15) is 27.1 Å². The van der Waals surface area contributed by atoms with Crippen LogP contribution in [0.2, 0.25) is 0 Å². The summed E-state index contributed by atoms with van der Waals surface area (Å²) in [5.41, 5.74) is 1.13. The van der Waals surface area contributed by atoms with Crippen molar-refractivity contribution in [1.82, 2.24) is 4.90 Å². The summed E-state index contributed by atoms with van der Waals surface area (Å²) in [5, 5.41) is 8.80. The molecule has 0 amide bonds. The molecule has 2 aliphatic rings. The van der Waals surface area contributed by atoms with Crippen LogP contribution in [0, 0.1) is 11.3 Å². The van der Waals surface area contributed by atoms with Crippen LogP contribution in [0.15, 0.2) is 35.0 Å². The van der Waals surface area contributed by atoms with Gasteiger partial charge in [0.25, 0.3) is 0 Å². The van der Waals surface area contributed by atoms with E-state index >= 15 is 0 Å². The number of ketones is 2. The summed E-state index contributed by atoms with van der Waals surface area (Å²) in [5.74, 6) is -0.461. The van der Waals surface area contributed by atoms with Gasteiger partial charge in [-0.15, -0.1) is 0 Å². The van der Waals surface area contributed by atoms with E-state index in [0.717, 1.165) is 24.1 Å². The van der Waals surface area contributed by atoms with Gasteiger partial charge < -0.3 is 33.4 Å². The molecule has 1 aromatic carbocycles. The Balaban J connectivity index is 0.00000225. The Morgan fingerprint density at radius 1 is 1.16 bits per heavy atom. The number of hydrogen-bond donors (Lipinski definition) is 0. The first-order chi connectivity index (χ1) is 11.5. The van der Waals surface area contributed by atoms with Crippen LogP contribution < -0.4 is 24.0 Å². The average Bonchev–Trinajstić information content (AvgIpc) is 2.60. The molecule has 0 saturated carbocycles. The lowest BCUT2D eigenvalue weighted by molar-refractivity contribution is -0.912. The number of piperazine rings is 1. The van der Waals surface area contributed by atoms with E-state index in [1.165, 1.54) is 0 Å². The standard InChI is InChI=1S/C18H19ClN3O2.HI/c1-22(10-4-7-20)11-8-21(9-12-22)16-15(19)17(23)13-5-2-3-6-14(13)18(16)24;/h2-3,5-6H,4,8-12H2,1H3;1H/q+1;/p-1. The molecular weight excluding hydrogens is 453 g/mol. The van der Waals surface area contributed by atoms with Crippen molar-refractivity contribution in [3.05, 3.63) is 46.1 Å². The highest BCUT2D eigenvalue weighted by Crippen LogP contribution is 2.31. The van der Waals surface area contributed by atoms with Crippen LogP contribution in [0.25, 0.3) is 0 Å². The maximum Gasteiger partial charge on any atom is 0.211 e. The van der Waals surface area contributed by atoms with Crippen molar-refractivity contribution in [3.63, 3.8) is 0 Å². The number of hydrogen-bond acceptors (Lipinski definition) is 4. The Morgan fingerprint density at radius 2 is 1.72 bits per heavy atom. The Bertz CT molecular complexity index is 777. The molecule has 1 heterocycles. The van der Waals surface area contributed by atoms with E-state index in [2.05, 4.69) is 13.1 Å². The fraction of sp³-hybridized carbons (Fsp3) is 0.389. The van der Waals surface area contributed by atoms with Gasteiger partial charge >= 0.3 is 0 Å². The highest BCUT2D eigenvalue weighted by atomic mass is 127. The number of carbonyl (C=O) groups excluding carboxylic acids is 2. The Kier molecular flexibility index (Phi) is 6.25. The second-order valence-corrected chi connectivity index (χ2v) is 6.93. The molecule has 7 heteroatoms. The van der Waals surface area contributed by atoms with Gasteiger partial charge in [0.05, 0.1) is 52.3 Å². The third-order valence-corrected chi connectivity index (χ3v) is 5.29. The minimum atomic E-state index is -0.283. The number of quaternary nitrogens is 1. The molecule has 0 bridgehead atoms. The molecule has 0 spiro atoms. The minimum Gasteiger partial charge on any atom is -1.00 e. The summed E-state index contributed by atoms with van der Waals surface area (Å²) < 4.78 is 0.799. The van der Waals surface area contributed by atoms with E-state index in [9.17, 15) is 9.59 Å². The van der Waals surface area contributed by atoms with E-state index in [1.54, 1.807) is 24.3 Å². The number of nitrogens with zero attached hydrogens (tertiary/aromatic N) is 3. The molecule has 1 aromatic rings. The Hall–Kier alpha value is -1.43. The van der Waals surface area contributed by atoms with Gasteiger partial charge in [-0.3, -0.25) is 9.59 Å². The van der Waals surface area contributed by atoms with Crippen molar-refractivity contribution in [2.24, 2.45) is 0 Å². The molecule has 1 aliphatic carbocycles. The predicted octanol–water partition coefficient (Wildman–Crippen LogP) is -0.804. The van der Waals surface area contributed by atoms with Crippen molar-refractivity contribution >= 4 is 23.2 Å². The second kappa shape index (κ2) is 7.85. The number of fused-ring (bicyclic) bond motifs is 1. The number of nitriles is 1. The normalized spacial score (nSPS) is 19.2. The molecule has 1 saturated heterocycles. The molecule has 25 heavy (non-hydrogen) atoms. The Labute approximate surface area is 169 Å². The third kappa shape index (κ3) is 3.73. The number of halogens is 2. The predicted molar refractivity (Wildman–Crippen MR) is 90.6 cm³/mol. The smallest absolute Gasteiger partial charge is 0.211 e. The zero-order valence-electron chi connectivity index (χ0n) is 14.0. The van der Waals surface area contributed by atoms with Crippen LogP contribution in [0.4, 0.5) is 0 Å². The zero-order chi connectivity index (χ0) is 17.3. The van der Waals surface area contributed by atoms with Gasteiger partial charge in [0, 0.05) is 11.1 Å². The van der Waals surface area contributed by atoms with Gasteiger partial charge in [0.1, 0.15) is 10.7 Å². The summed E-state index contributed by atoms with van der Waals surface area (Å²) in [6.07, 6.45) is 0.519. The molecule has 1 fully saturated rings.